The highest BCUT2D eigenvalue weighted by atomic mass is 79.9. The zero-order valence-corrected chi connectivity index (χ0v) is 14.5. The quantitative estimate of drug-likeness (QED) is 0.699. The fourth-order valence-corrected chi connectivity index (χ4v) is 5.24. The Morgan fingerprint density at radius 1 is 1.30 bits per heavy atom. The zero-order valence-electron chi connectivity index (χ0n) is 10.5. The topological polar surface area (TPSA) is 46.3 Å². The molecule has 0 radical (unpaired) electrons. The second kappa shape index (κ2) is 5.50. The molecule has 2 heterocycles. The maximum Gasteiger partial charge on any atom is 0.260 e. The number of amides is 1. The first-order valence-corrected chi connectivity index (χ1v) is 8.61. The molecule has 3 nitrogen and oxygen atoms in total. The van der Waals surface area contributed by atoms with Crippen LogP contribution < -0.4 is 10.6 Å². The van der Waals surface area contributed by atoms with E-state index in [0.717, 1.165) is 43.9 Å². The maximum atomic E-state index is 12.7. The minimum Gasteiger partial charge on any atom is -0.399 e. The Morgan fingerprint density at radius 2 is 2.10 bits per heavy atom. The summed E-state index contributed by atoms with van der Waals surface area (Å²) in [5, 5.41) is 0. The number of benzene rings is 1. The summed E-state index contributed by atoms with van der Waals surface area (Å²) in [5.41, 5.74) is 9.40. The Hall–Kier alpha value is -0.850. The number of carbonyl (C=O) groups excluding carboxylic acids is 1. The number of anilines is 2. The molecule has 1 aromatic carbocycles. The first-order chi connectivity index (χ1) is 9.56. The molecule has 0 aliphatic carbocycles. The van der Waals surface area contributed by atoms with Gasteiger partial charge in [-0.15, -0.1) is 11.3 Å². The summed E-state index contributed by atoms with van der Waals surface area (Å²) in [5.74, 6) is 0.0320. The van der Waals surface area contributed by atoms with Crippen LogP contribution in [-0.2, 0) is 6.42 Å². The lowest BCUT2D eigenvalue weighted by Crippen LogP contribution is -2.35. The van der Waals surface area contributed by atoms with Crippen LogP contribution >= 0.6 is 43.2 Å². The van der Waals surface area contributed by atoms with Crippen molar-refractivity contribution in [2.75, 3.05) is 17.2 Å². The smallest absolute Gasteiger partial charge is 0.260 e. The van der Waals surface area contributed by atoms with E-state index in [1.807, 2.05) is 29.2 Å². The van der Waals surface area contributed by atoms with Crippen LogP contribution in [0.25, 0.3) is 0 Å². The van der Waals surface area contributed by atoms with Crippen LogP contribution in [0.3, 0.4) is 0 Å². The van der Waals surface area contributed by atoms with Crippen LogP contribution in [0.1, 0.15) is 22.3 Å². The van der Waals surface area contributed by atoms with E-state index < -0.39 is 0 Å². The van der Waals surface area contributed by atoms with Crippen molar-refractivity contribution >= 4 is 60.5 Å². The van der Waals surface area contributed by atoms with E-state index in [1.165, 1.54) is 11.3 Å². The van der Waals surface area contributed by atoms with Crippen LogP contribution in [0.2, 0.25) is 0 Å². The average Bonchev–Trinajstić information content (AvgIpc) is 2.76. The van der Waals surface area contributed by atoms with Gasteiger partial charge in [0.05, 0.1) is 13.1 Å². The van der Waals surface area contributed by atoms with Gasteiger partial charge in [0.15, 0.2) is 0 Å². The molecule has 0 atom stereocenters. The van der Waals surface area contributed by atoms with Crippen molar-refractivity contribution in [3.05, 3.63) is 43.0 Å². The van der Waals surface area contributed by atoms with Gasteiger partial charge in [0.2, 0.25) is 0 Å². The third kappa shape index (κ3) is 2.52. The third-order valence-corrected chi connectivity index (χ3v) is 5.69. The molecule has 2 N–H and O–H groups in total. The Morgan fingerprint density at radius 3 is 2.80 bits per heavy atom. The number of hydrogen-bond donors (Lipinski definition) is 1. The summed E-state index contributed by atoms with van der Waals surface area (Å²) in [6.45, 7) is 0.746. The Balaban J connectivity index is 2.00. The van der Waals surface area contributed by atoms with E-state index in [0.29, 0.717) is 5.56 Å². The molecule has 3 rings (SSSR count). The van der Waals surface area contributed by atoms with Crippen LogP contribution in [0.4, 0.5) is 11.4 Å². The van der Waals surface area contributed by atoms with Gasteiger partial charge in [0.25, 0.3) is 5.91 Å². The molecule has 20 heavy (non-hydrogen) atoms. The number of thiophene rings is 1. The molecule has 1 aliphatic rings. The second-order valence-electron chi connectivity index (χ2n) is 4.69. The lowest BCUT2D eigenvalue weighted by Gasteiger charge is -2.29. The molecule has 2 aromatic rings. The predicted octanol–water partition coefficient (Wildman–Crippen LogP) is 4.45. The normalized spacial score (nSPS) is 14.2. The molecular formula is C14H12Br2N2OS. The number of carbonyl (C=O) groups is 1. The molecule has 1 aromatic heterocycles. The Bertz CT molecular complexity index is 684. The van der Waals surface area contributed by atoms with Crippen molar-refractivity contribution in [1.29, 1.82) is 0 Å². The molecule has 104 valence electrons. The van der Waals surface area contributed by atoms with E-state index in [2.05, 4.69) is 31.9 Å². The molecular weight excluding hydrogens is 404 g/mol. The van der Waals surface area contributed by atoms with Gasteiger partial charge in [0, 0.05) is 17.9 Å². The fourth-order valence-electron chi connectivity index (χ4n) is 2.46. The Kier molecular flexibility index (Phi) is 3.88. The van der Waals surface area contributed by atoms with Gasteiger partial charge in [-0.1, -0.05) is 0 Å². The highest BCUT2D eigenvalue weighted by Crippen LogP contribution is 2.35. The summed E-state index contributed by atoms with van der Waals surface area (Å²) in [7, 11) is 0. The lowest BCUT2D eigenvalue weighted by molar-refractivity contribution is 0.0985. The summed E-state index contributed by atoms with van der Waals surface area (Å²) in [6, 6.07) is 7.62. The molecule has 1 amide bonds. The molecule has 0 saturated carbocycles. The Labute approximate surface area is 138 Å². The summed E-state index contributed by atoms with van der Waals surface area (Å²) >= 11 is 8.39. The number of fused-ring (bicyclic) bond motifs is 1. The van der Waals surface area contributed by atoms with Gasteiger partial charge in [-0.2, -0.15) is 0 Å². The number of nitrogens with two attached hydrogens (primary N) is 1. The zero-order chi connectivity index (χ0) is 14.3. The molecule has 0 spiro atoms. The molecule has 0 unspecified atom stereocenters. The van der Waals surface area contributed by atoms with Gasteiger partial charge in [-0.25, -0.2) is 0 Å². The molecule has 0 bridgehead atoms. The number of halogens is 2. The fraction of sp³-hybridized carbons (Fsp3) is 0.214. The first kappa shape index (κ1) is 14.1. The van der Waals surface area contributed by atoms with E-state index in [9.17, 15) is 4.79 Å². The minimum absolute atomic E-state index is 0.0320. The highest BCUT2D eigenvalue weighted by Gasteiger charge is 2.26. The monoisotopic (exact) mass is 414 g/mol. The standard InChI is InChI=1S/C14H12Br2N2OS/c15-12-7-10(13(16)20-12)14(19)18-5-1-2-8-6-9(17)3-4-11(8)18/h3-4,6-7H,1-2,5,17H2. The predicted molar refractivity (Wildman–Crippen MR) is 90.6 cm³/mol. The summed E-state index contributed by atoms with van der Waals surface area (Å²) < 4.78 is 1.80. The van der Waals surface area contributed by atoms with Crippen molar-refractivity contribution in [1.82, 2.24) is 0 Å². The van der Waals surface area contributed by atoms with E-state index in [-0.39, 0.29) is 5.91 Å². The molecule has 6 heteroatoms. The number of hydrogen-bond acceptors (Lipinski definition) is 3. The van der Waals surface area contributed by atoms with E-state index >= 15 is 0 Å². The van der Waals surface area contributed by atoms with Crippen molar-refractivity contribution < 1.29 is 4.79 Å². The minimum atomic E-state index is 0.0320. The van der Waals surface area contributed by atoms with Crippen LogP contribution in [0.5, 0.6) is 0 Å². The van der Waals surface area contributed by atoms with Crippen molar-refractivity contribution in [3.8, 4) is 0 Å². The van der Waals surface area contributed by atoms with Gasteiger partial charge in [-0.05, 0) is 74.5 Å². The van der Waals surface area contributed by atoms with Gasteiger partial charge >= 0.3 is 0 Å². The first-order valence-electron chi connectivity index (χ1n) is 6.21. The van der Waals surface area contributed by atoms with Crippen molar-refractivity contribution in [3.63, 3.8) is 0 Å². The number of rotatable bonds is 1. The second-order valence-corrected chi connectivity index (χ2v) is 8.44. The van der Waals surface area contributed by atoms with Gasteiger partial charge < -0.3 is 10.6 Å². The summed E-state index contributed by atoms with van der Waals surface area (Å²) in [6.07, 6.45) is 1.93. The lowest BCUT2D eigenvalue weighted by atomic mass is 10.0. The van der Waals surface area contributed by atoms with E-state index in [1.54, 1.807) is 0 Å². The molecule has 1 aliphatic heterocycles. The third-order valence-electron chi connectivity index (χ3n) is 3.35. The van der Waals surface area contributed by atoms with Crippen LogP contribution in [-0.4, -0.2) is 12.5 Å². The van der Waals surface area contributed by atoms with Crippen LogP contribution in [0, 0.1) is 0 Å². The molecule has 0 saturated heterocycles. The summed E-state index contributed by atoms with van der Waals surface area (Å²) in [4.78, 5) is 14.6. The van der Waals surface area contributed by atoms with Gasteiger partial charge in [-0.3, -0.25) is 4.79 Å². The molecule has 0 fully saturated rings. The van der Waals surface area contributed by atoms with Crippen LogP contribution in [0.15, 0.2) is 31.8 Å². The average molecular weight is 416 g/mol. The maximum absolute atomic E-state index is 12.7. The SMILES string of the molecule is Nc1ccc2c(c1)CCCN2C(=O)c1cc(Br)sc1Br. The van der Waals surface area contributed by atoms with Gasteiger partial charge in [0.1, 0.15) is 0 Å². The van der Waals surface area contributed by atoms with Crippen molar-refractivity contribution in [2.45, 2.75) is 12.8 Å². The number of nitrogens with zero attached hydrogens (tertiary/aromatic N) is 1. The number of nitrogen functional groups attached to an aromatic ring is 1. The van der Waals surface area contributed by atoms with E-state index in [4.69, 9.17) is 5.73 Å². The van der Waals surface area contributed by atoms with Crippen molar-refractivity contribution in [2.24, 2.45) is 0 Å². The number of aryl methyl sites for hydroxylation is 1. The largest absolute Gasteiger partial charge is 0.399 e. The highest BCUT2D eigenvalue weighted by molar-refractivity contribution is 9.12.